The molecule has 0 aliphatic carbocycles. The van der Waals surface area contributed by atoms with Gasteiger partial charge in [-0.2, -0.15) is 4.98 Å². The van der Waals surface area contributed by atoms with Crippen LogP contribution in [-0.4, -0.2) is 35.8 Å². The fourth-order valence-corrected chi connectivity index (χ4v) is 2.01. The first-order chi connectivity index (χ1) is 12.2. The van der Waals surface area contributed by atoms with Crippen LogP contribution < -0.4 is 24.8 Å². The fourth-order valence-electron chi connectivity index (χ4n) is 2.01. The Balaban J connectivity index is 2.12. The smallest absolute Gasteiger partial charge is 0.323 e. The number of nitrogens with zero attached hydrogens (tertiary/aromatic N) is 2. The van der Waals surface area contributed by atoms with Crippen molar-refractivity contribution in [2.75, 3.05) is 30.5 Å². The van der Waals surface area contributed by atoms with Gasteiger partial charge in [0.15, 0.2) is 0 Å². The monoisotopic (exact) mass is 346 g/mol. The summed E-state index contributed by atoms with van der Waals surface area (Å²) in [5.74, 6) is 0.835. The zero-order valence-corrected chi connectivity index (χ0v) is 14.5. The number of carbonyl (C=O) groups excluding carboxylic acids is 1. The lowest BCUT2D eigenvalue weighted by Gasteiger charge is -2.14. The van der Waals surface area contributed by atoms with Gasteiger partial charge in [0, 0.05) is 0 Å². The third-order valence-corrected chi connectivity index (χ3v) is 2.97. The summed E-state index contributed by atoms with van der Waals surface area (Å²) in [6.07, 6.45) is 1.44. The minimum atomic E-state index is -0.458. The lowest BCUT2D eigenvalue weighted by atomic mass is 10.3. The van der Waals surface area contributed by atoms with Gasteiger partial charge in [0.25, 0.3) is 0 Å². The third kappa shape index (κ3) is 5.23. The van der Waals surface area contributed by atoms with Gasteiger partial charge in [-0.3, -0.25) is 0 Å². The Kier molecular flexibility index (Phi) is 6.82. The summed E-state index contributed by atoms with van der Waals surface area (Å²) in [5.41, 5.74) is 0.906. The Hall–Kier alpha value is -3.03. The molecule has 134 valence electrons. The van der Waals surface area contributed by atoms with Crippen molar-refractivity contribution in [3.63, 3.8) is 0 Å². The normalized spacial score (nSPS) is 10.0. The molecule has 25 heavy (non-hydrogen) atoms. The largest absolute Gasteiger partial charge is 0.492 e. The van der Waals surface area contributed by atoms with Crippen molar-refractivity contribution in [2.45, 2.75) is 20.8 Å². The Bertz CT molecular complexity index is 709. The number of ether oxygens (including phenoxy) is 3. The number of para-hydroxylation sites is 2. The molecule has 0 bridgehead atoms. The van der Waals surface area contributed by atoms with E-state index in [1.54, 1.807) is 12.1 Å². The van der Waals surface area contributed by atoms with Gasteiger partial charge in [-0.05, 0) is 32.9 Å². The number of carbonyl (C=O) groups is 1. The first-order valence-corrected chi connectivity index (χ1v) is 8.10. The first-order valence-electron chi connectivity index (χ1n) is 8.10. The fraction of sp³-hybridized carbons (Fsp3) is 0.353. The van der Waals surface area contributed by atoms with Gasteiger partial charge >= 0.3 is 12.0 Å². The summed E-state index contributed by atoms with van der Waals surface area (Å²) in [6.45, 7) is 6.87. The van der Waals surface area contributed by atoms with Crippen molar-refractivity contribution >= 4 is 17.4 Å². The van der Waals surface area contributed by atoms with Crippen molar-refractivity contribution in [3.8, 4) is 17.6 Å². The van der Waals surface area contributed by atoms with E-state index in [4.69, 9.17) is 14.2 Å². The van der Waals surface area contributed by atoms with Gasteiger partial charge in [-0.25, -0.2) is 9.78 Å². The number of urea groups is 1. The molecule has 0 aliphatic heterocycles. The molecule has 2 aromatic rings. The van der Waals surface area contributed by atoms with E-state index in [1.165, 1.54) is 6.20 Å². The van der Waals surface area contributed by atoms with Crippen molar-refractivity contribution < 1.29 is 19.0 Å². The average molecular weight is 346 g/mol. The second-order valence-corrected chi connectivity index (χ2v) is 4.75. The molecule has 1 aromatic carbocycles. The number of amides is 2. The summed E-state index contributed by atoms with van der Waals surface area (Å²) in [5, 5.41) is 5.41. The Labute approximate surface area is 146 Å². The van der Waals surface area contributed by atoms with E-state index in [-0.39, 0.29) is 11.9 Å². The van der Waals surface area contributed by atoms with E-state index in [9.17, 15) is 4.79 Å². The highest BCUT2D eigenvalue weighted by Gasteiger charge is 2.13. The molecular formula is C17H22N4O4. The van der Waals surface area contributed by atoms with Gasteiger partial charge in [0.1, 0.15) is 11.4 Å². The van der Waals surface area contributed by atoms with Crippen LogP contribution in [0, 0.1) is 0 Å². The van der Waals surface area contributed by atoms with E-state index in [0.29, 0.717) is 36.9 Å². The second-order valence-electron chi connectivity index (χ2n) is 4.75. The highest BCUT2D eigenvalue weighted by molar-refractivity contribution is 6.01. The molecule has 0 aliphatic rings. The van der Waals surface area contributed by atoms with E-state index in [2.05, 4.69) is 20.6 Å². The molecule has 0 fully saturated rings. The van der Waals surface area contributed by atoms with E-state index in [1.807, 2.05) is 32.9 Å². The standard InChI is InChI=1S/C17H22N4O4/c1-4-23-14-10-8-7-9-12(14)19-16(22)20-13-11-18-17(25-6-3)21-15(13)24-5-2/h7-11H,4-6H2,1-3H3,(H2,19,20,22). The van der Waals surface area contributed by atoms with Gasteiger partial charge in [0.2, 0.25) is 5.88 Å². The number of rotatable bonds is 8. The molecule has 0 saturated carbocycles. The Morgan fingerprint density at radius 2 is 1.64 bits per heavy atom. The quantitative estimate of drug-likeness (QED) is 0.761. The molecule has 0 atom stereocenters. The Morgan fingerprint density at radius 1 is 0.960 bits per heavy atom. The van der Waals surface area contributed by atoms with Crippen LogP contribution in [0.5, 0.6) is 17.6 Å². The maximum Gasteiger partial charge on any atom is 0.323 e. The van der Waals surface area contributed by atoms with Gasteiger partial charge in [-0.15, -0.1) is 0 Å². The van der Waals surface area contributed by atoms with Crippen LogP contribution in [0.2, 0.25) is 0 Å². The molecule has 2 rings (SSSR count). The number of anilines is 2. The van der Waals surface area contributed by atoms with Crippen LogP contribution in [-0.2, 0) is 0 Å². The maximum absolute atomic E-state index is 12.3. The minimum Gasteiger partial charge on any atom is -0.492 e. The van der Waals surface area contributed by atoms with Crippen LogP contribution in [0.3, 0.4) is 0 Å². The number of nitrogens with one attached hydrogen (secondary N) is 2. The highest BCUT2D eigenvalue weighted by Crippen LogP contribution is 2.26. The third-order valence-electron chi connectivity index (χ3n) is 2.97. The molecule has 8 heteroatoms. The summed E-state index contributed by atoms with van der Waals surface area (Å²) in [7, 11) is 0. The van der Waals surface area contributed by atoms with Crippen LogP contribution in [0.4, 0.5) is 16.2 Å². The predicted octanol–water partition coefficient (Wildman–Crippen LogP) is 3.32. The van der Waals surface area contributed by atoms with Crippen molar-refractivity contribution in [3.05, 3.63) is 30.5 Å². The minimum absolute atomic E-state index is 0.193. The summed E-state index contributed by atoms with van der Waals surface area (Å²) >= 11 is 0. The van der Waals surface area contributed by atoms with Crippen molar-refractivity contribution in [1.82, 2.24) is 9.97 Å². The average Bonchev–Trinajstić information content (AvgIpc) is 2.60. The molecule has 1 heterocycles. The Morgan fingerprint density at radius 3 is 2.36 bits per heavy atom. The molecule has 0 saturated heterocycles. The summed E-state index contributed by atoms with van der Waals surface area (Å²) < 4.78 is 16.2. The number of aromatic nitrogens is 2. The van der Waals surface area contributed by atoms with Crippen LogP contribution in [0.25, 0.3) is 0 Å². The lowest BCUT2D eigenvalue weighted by Crippen LogP contribution is -2.21. The first kappa shape index (κ1) is 18.3. The topological polar surface area (TPSA) is 94.6 Å². The van der Waals surface area contributed by atoms with E-state index >= 15 is 0 Å². The molecule has 2 N–H and O–H groups in total. The number of hydrogen-bond donors (Lipinski definition) is 2. The van der Waals surface area contributed by atoms with Gasteiger partial charge < -0.3 is 24.8 Å². The van der Waals surface area contributed by atoms with Crippen LogP contribution in [0.15, 0.2) is 30.5 Å². The number of benzene rings is 1. The maximum atomic E-state index is 12.3. The molecule has 0 spiro atoms. The molecular weight excluding hydrogens is 324 g/mol. The molecule has 0 unspecified atom stereocenters. The molecule has 1 aromatic heterocycles. The van der Waals surface area contributed by atoms with Crippen LogP contribution in [0.1, 0.15) is 20.8 Å². The molecule has 8 nitrogen and oxygen atoms in total. The zero-order valence-electron chi connectivity index (χ0n) is 14.5. The highest BCUT2D eigenvalue weighted by atomic mass is 16.5. The van der Waals surface area contributed by atoms with E-state index < -0.39 is 6.03 Å². The number of hydrogen-bond acceptors (Lipinski definition) is 6. The second kappa shape index (κ2) is 9.31. The lowest BCUT2D eigenvalue weighted by molar-refractivity contribution is 0.261. The van der Waals surface area contributed by atoms with Gasteiger partial charge in [-0.1, -0.05) is 12.1 Å². The molecule has 0 radical (unpaired) electrons. The van der Waals surface area contributed by atoms with Gasteiger partial charge in [0.05, 0.1) is 31.7 Å². The summed E-state index contributed by atoms with van der Waals surface area (Å²) in [6, 6.07) is 6.91. The van der Waals surface area contributed by atoms with Crippen molar-refractivity contribution in [2.24, 2.45) is 0 Å². The predicted molar refractivity (Wildman–Crippen MR) is 94.6 cm³/mol. The van der Waals surface area contributed by atoms with E-state index in [0.717, 1.165) is 0 Å². The van der Waals surface area contributed by atoms with Crippen LogP contribution >= 0.6 is 0 Å². The SMILES string of the molecule is CCOc1ncc(NC(=O)Nc2ccccc2OCC)c(OCC)n1. The van der Waals surface area contributed by atoms with Crippen molar-refractivity contribution in [1.29, 1.82) is 0 Å². The molecule has 2 amide bonds. The zero-order chi connectivity index (χ0) is 18.1. The summed E-state index contributed by atoms with van der Waals surface area (Å²) in [4.78, 5) is 20.5.